The molecule has 3 heterocycles. The van der Waals surface area contributed by atoms with Crippen LogP contribution in [0.4, 0.5) is 4.39 Å². The van der Waals surface area contributed by atoms with Crippen LogP contribution in [-0.2, 0) is 17.8 Å². The van der Waals surface area contributed by atoms with Crippen molar-refractivity contribution in [3.05, 3.63) is 58.9 Å². The predicted molar refractivity (Wildman–Crippen MR) is 101 cm³/mol. The van der Waals surface area contributed by atoms with Crippen LogP contribution in [-0.4, -0.2) is 51.2 Å². The monoisotopic (exact) mass is 382 g/mol. The van der Waals surface area contributed by atoms with Gasteiger partial charge in [0.1, 0.15) is 11.6 Å². The van der Waals surface area contributed by atoms with Crippen molar-refractivity contribution in [3.8, 4) is 0 Å². The maximum atomic E-state index is 13.4. The van der Waals surface area contributed by atoms with Crippen molar-refractivity contribution in [1.82, 2.24) is 19.8 Å². The molecule has 0 aliphatic carbocycles. The minimum atomic E-state index is -0.414. The second-order valence-electron chi connectivity index (χ2n) is 7.49. The lowest BCUT2D eigenvalue weighted by Gasteiger charge is -2.32. The Kier molecular flexibility index (Phi) is 5.07. The lowest BCUT2D eigenvalue weighted by atomic mass is 9.96. The number of fused-ring (bicyclic) bond motifs is 1. The number of carbonyl (C=O) groups is 2. The Hall–Kier alpha value is -2.83. The average molecular weight is 382 g/mol. The van der Waals surface area contributed by atoms with Crippen molar-refractivity contribution >= 4 is 11.8 Å². The lowest BCUT2D eigenvalue weighted by Crippen LogP contribution is -2.39. The molecule has 2 aliphatic heterocycles. The first kappa shape index (κ1) is 18.5. The van der Waals surface area contributed by atoms with Gasteiger partial charge in [0, 0.05) is 62.8 Å². The fourth-order valence-corrected chi connectivity index (χ4v) is 3.98. The second kappa shape index (κ2) is 7.66. The number of likely N-dealkylation sites (tertiary alicyclic amines) is 1. The highest BCUT2D eigenvalue weighted by atomic mass is 19.1. The number of nitrogens with zero attached hydrogens (tertiary/aromatic N) is 4. The van der Waals surface area contributed by atoms with E-state index in [1.165, 1.54) is 12.1 Å². The van der Waals surface area contributed by atoms with Gasteiger partial charge >= 0.3 is 0 Å². The van der Waals surface area contributed by atoms with E-state index < -0.39 is 5.82 Å². The van der Waals surface area contributed by atoms with Crippen molar-refractivity contribution in [1.29, 1.82) is 0 Å². The molecule has 2 aliphatic rings. The lowest BCUT2D eigenvalue weighted by molar-refractivity contribution is -0.130. The molecule has 0 bridgehead atoms. The maximum Gasteiger partial charge on any atom is 0.254 e. The molecule has 146 valence electrons. The van der Waals surface area contributed by atoms with Gasteiger partial charge < -0.3 is 9.80 Å². The molecule has 1 saturated heterocycles. The summed E-state index contributed by atoms with van der Waals surface area (Å²) < 4.78 is 13.4. The number of rotatable bonds is 2. The summed E-state index contributed by atoms with van der Waals surface area (Å²) in [7, 11) is 0. The minimum Gasteiger partial charge on any atom is -0.342 e. The molecule has 0 saturated carbocycles. The number of aromatic nitrogens is 2. The Bertz CT molecular complexity index is 917. The summed E-state index contributed by atoms with van der Waals surface area (Å²) in [6.45, 7) is 4.03. The largest absolute Gasteiger partial charge is 0.342 e. The van der Waals surface area contributed by atoms with Crippen LogP contribution in [0.25, 0.3) is 0 Å². The normalized spacial score (nSPS) is 19.3. The third kappa shape index (κ3) is 3.74. The van der Waals surface area contributed by atoms with Crippen molar-refractivity contribution in [2.45, 2.75) is 38.6 Å². The van der Waals surface area contributed by atoms with E-state index in [4.69, 9.17) is 4.98 Å². The summed E-state index contributed by atoms with van der Waals surface area (Å²) in [4.78, 5) is 37.2. The van der Waals surface area contributed by atoms with E-state index in [-0.39, 0.29) is 17.7 Å². The van der Waals surface area contributed by atoms with E-state index in [1.807, 2.05) is 4.90 Å². The van der Waals surface area contributed by atoms with Gasteiger partial charge in [-0.2, -0.15) is 0 Å². The first-order valence-electron chi connectivity index (χ1n) is 9.66. The SMILES string of the molecule is CC(=O)N1CCC[C@@H](c2ncc3c(n2)CCN(C(=O)c2cccc(F)c2)C3)C1. The molecule has 1 aromatic heterocycles. The van der Waals surface area contributed by atoms with Crippen molar-refractivity contribution in [2.75, 3.05) is 19.6 Å². The van der Waals surface area contributed by atoms with E-state index in [1.54, 1.807) is 30.2 Å². The van der Waals surface area contributed by atoms with Gasteiger partial charge in [-0.15, -0.1) is 0 Å². The topological polar surface area (TPSA) is 66.4 Å². The van der Waals surface area contributed by atoms with Gasteiger partial charge in [-0.05, 0) is 31.0 Å². The number of halogens is 1. The molecule has 2 aromatic rings. The summed E-state index contributed by atoms with van der Waals surface area (Å²) in [6, 6.07) is 5.77. The van der Waals surface area contributed by atoms with E-state index in [2.05, 4.69) is 4.98 Å². The maximum absolute atomic E-state index is 13.4. The van der Waals surface area contributed by atoms with Gasteiger partial charge in [-0.3, -0.25) is 9.59 Å². The molecule has 0 spiro atoms. The number of carbonyl (C=O) groups excluding carboxylic acids is 2. The molecule has 1 aromatic carbocycles. The smallest absolute Gasteiger partial charge is 0.254 e. The van der Waals surface area contributed by atoms with Crippen molar-refractivity contribution in [3.63, 3.8) is 0 Å². The van der Waals surface area contributed by atoms with Crippen LogP contribution in [0.5, 0.6) is 0 Å². The molecule has 2 amide bonds. The van der Waals surface area contributed by atoms with Crippen LogP contribution in [0.3, 0.4) is 0 Å². The summed E-state index contributed by atoms with van der Waals surface area (Å²) >= 11 is 0. The summed E-state index contributed by atoms with van der Waals surface area (Å²) in [6.07, 6.45) is 4.39. The van der Waals surface area contributed by atoms with Crippen molar-refractivity contribution in [2.24, 2.45) is 0 Å². The Balaban J connectivity index is 1.49. The molecule has 1 atom stereocenters. The molecule has 4 rings (SSSR count). The molecule has 0 unspecified atom stereocenters. The van der Waals surface area contributed by atoms with E-state index in [0.717, 1.165) is 36.5 Å². The standard InChI is InChI=1S/C21H23FN4O2/c1-14(27)25-8-3-5-16(12-25)20-23-11-17-13-26(9-7-19(17)24-20)21(28)15-4-2-6-18(22)10-15/h2,4,6,10-11,16H,3,5,7-9,12-13H2,1H3/t16-/m1/s1. The number of hydrogen-bond donors (Lipinski definition) is 0. The second-order valence-corrected chi connectivity index (χ2v) is 7.49. The Morgan fingerprint density at radius 3 is 2.86 bits per heavy atom. The number of hydrogen-bond acceptors (Lipinski definition) is 4. The quantitative estimate of drug-likeness (QED) is 0.801. The highest BCUT2D eigenvalue weighted by Crippen LogP contribution is 2.26. The van der Waals surface area contributed by atoms with Gasteiger partial charge in [-0.1, -0.05) is 6.07 Å². The minimum absolute atomic E-state index is 0.0918. The van der Waals surface area contributed by atoms with E-state index >= 15 is 0 Å². The molecule has 7 heteroatoms. The van der Waals surface area contributed by atoms with Crippen LogP contribution in [0.15, 0.2) is 30.5 Å². The Morgan fingerprint density at radius 1 is 1.21 bits per heavy atom. The molecule has 6 nitrogen and oxygen atoms in total. The Labute approximate surface area is 163 Å². The van der Waals surface area contributed by atoms with Crippen LogP contribution < -0.4 is 0 Å². The third-order valence-electron chi connectivity index (χ3n) is 5.54. The van der Waals surface area contributed by atoms with Crippen LogP contribution >= 0.6 is 0 Å². The zero-order valence-corrected chi connectivity index (χ0v) is 15.9. The predicted octanol–water partition coefficient (Wildman–Crippen LogP) is 2.54. The van der Waals surface area contributed by atoms with Gasteiger partial charge in [0.25, 0.3) is 5.91 Å². The van der Waals surface area contributed by atoms with Gasteiger partial charge in [0.15, 0.2) is 0 Å². The average Bonchev–Trinajstić information content (AvgIpc) is 2.72. The van der Waals surface area contributed by atoms with E-state index in [9.17, 15) is 14.0 Å². The fourth-order valence-electron chi connectivity index (χ4n) is 3.98. The molecule has 1 fully saturated rings. The first-order valence-corrected chi connectivity index (χ1v) is 9.66. The number of piperidine rings is 1. The zero-order valence-electron chi connectivity index (χ0n) is 15.9. The third-order valence-corrected chi connectivity index (χ3v) is 5.54. The fraction of sp³-hybridized carbons (Fsp3) is 0.429. The number of amides is 2. The molecule has 0 N–H and O–H groups in total. The summed E-state index contributed by atoms with van der Waals surface area (Å²) in [5.74, 6) is 0.445. The van der Waals surface area contributed by atoms with Gasteiger partial charge in [0.2, 0.25) is 5.91 Å². The molecule has 28 heavy (non-hydrogen) atoms. The van der Waals surface area contributed by atoms with Gasteiger partial charge in [0.05, 0.1) is 5.69 Å². The van der Waals surface area contributed by atoms with Crippen molar-refractivity contribution < 1.29 is 14.0 Å². The highest BCUT2D eigenvalue weighted by molar-refractivity contribution is 5.94. The van der Waals surface area contributed by atoms with E-state index in [0.29, 0.717) is 31.6 Å². The number of benzene rings is 1. The zero-order chi connectivity index (χ0) is 19.7. The van der Waals surface area contributed by atoms with Crippen LogP contribution in [0, 0.1) is 5.82 Å². The highest BCUT2D eigenvalue weighted by Gasteiger charge is 2.28. The summed E-state index contributed by atoms with van der Waals surface area (Å²) in [5, 5.41) is 0. The van der Waals surface area contributed by atoms with Crippen LogP contribution in [0.2, 0.25) is 0 Å². The molecule has 0 radical (unpaired) electrons. The van der Waals surface area contributed by atoms with Gasteiger partial charge in [-0.25, -0.2) is 14.4 Å². The van der Waals surface area contributed by atoms with Crippen LogP contribution in [0.1, 0.15) is 53.1 Å². The first-order chi connectivity index (χ1) is 13.5. The Morgan fingerprint density at radius 2 is 2.07 bits per heavy atom. The molecular formula is C21H23FN4O2. The summed E-state index contributed by atoms with van der Waals surface area (Å²) in [5.41, 5.74) is 2.25. The molecular weight excluding hydrogens is 359 g/mol.